The molecule has 0 aliphatic heterocycles. The average molecular weight is 275 g/mol. The molecule has 0 saturated carbocycles. The SMILES string of the molecule is CCc1cc(=O)oc2cc(C)cc(O[C@@H](C)C(=O)[O-])c12. The fourth-order valence-electron chi connectivity index (χ4n) is 2.08. The molecule has 1 atom stereocenters. The molecule has 0 radical (unpaired) electrons. The van der Waals surface area contributed by atoms with Gasteiger partial charge in [-0.05, 0) is 43.5 Å². The molecule has 0 aliphatic rings. The zero-order chi connectivity index (χ0) is 14.9. The Morgan fingerprint density at radius 3 is 2.70 bits per heavy atom. The smallest absolute Gasteiger partial charge is 0.336 e. The third kappa shape index (κ3) is 2.66. The highest BCUT2D eigenvalue weighted by atomic mass is 16.5. The summed E-state index contributed by atoms with van der Waals surface area (Å²) in [6.07, 6.45) is -0.474. The van der Waals surface area contributed by atoms with Gasteiger partial charge in [-0.15, -0.1) is 0 Å². The van der Waals surface area contributed by atoms with Gasteiger partial charge in [-0.1, -0.05) is 6.92 Å². The molecular weight excluding hydrogens is 260 g/mol. The van der Waals surface area contributed by atoms with Gasteiger partial charge in [0.05, 0.1) is 11.4 Å². The van der Waals surface area contributed by atoms with Crippen molar-refractivity contribution in [2.24, 2.45) is 0 Å². The highest BCUT2D eigenvalue weighted by Gasteiger charge is 2.14. The summed E-state index contributed by atoms with van der Waals surface area (Å²) in [5.41, 5.74) is 1.54. The molecule has 1 aromatic carbocycles. The molecule has 1 heterocycles. The van der Waals surface area contributed by atoms with Crippen molar-refractivity contribution in [2.45, 2.75) is 33.3 Å². The van der Waals surface area contributed by atoms with Crippen LogP contribution in [0.2, 0.25) is 0 Å². The van der Waals surface area contributed by atoms with Gasteiger partial charge in [-0.2, -0.15) is 0 Å². The van der Waals surface area contributed by atoms with Crippen LogP contribution in [-0.2, 0) is 11.2 Å². The van der Waals surface area contributed by atoms with Crippen LogP contribution in [-0.4, -0.2) is 12.1 Å². The van der Waals surface area contributed by atoms with E-state index in [-0.39, 0.29) is 0 Å². The topological polar surface area (TPSA) is 79.6 Å². The molecule has 2 aromatic rings. The number of rotatable bonds is 4. The first-order valence-corrected chi connectivity index (χ1v) is 6.37. The summed E-state index contributed by atoms with van der Waals surface area (Å²) in [4.78, 5) is 22.3. The highest BCUT2D eigenvalue weighted by Crippen LogP contribution is 2.30. The summed E-state index contributed by atoms with van der Waals surface area (Å²) < 4.78 is 10.6. The van der Waals surface area contributed by atoms with Crippen LogP contribution in [0.25, 0.3) is 11.0 Å². The minimum absolute atomic E-state index is 0.386. The monoisotopic (exact) mass is 275 g/mol. The van der Waals surface area contributed by atoms with Crippen LogP contribution in [0.3, 0.4) is 0 Å². The molecule has 0 saturated heterocycles. The molecule has 2 rings (SSSR count). The predicted octanol–water partition coefficient (Wildman–Crippen LogP) is 1.18. The maximum absolute atomic E-state index is 11.5. The lowest BCUT2D eigenvalue weighted by atomic mass is 10.0. The van der Waals surface area contributed by atoms with Crippen LogP contribution in [0, 0.1) is 6.92 Å². The Labute approximate surface area is 115 Å². The van der Waals surface area contributed by atoms with Crippen molar-refractivity contribution < 1.29 is 19.1 Å². The largest absolute Gasteiger partial charge is 0.546 e. The van der Waals surface area contributed by atoms with Gasteiger partial charge in [-0.3, -0.25) is 0 Å². The Balaban J connectivity index is 2.69. The molecule has 20 heavy (non-hydrogen) atoms. The maximum atomic E-state index is 11.5. The normalized spacial score (nSPS) is 12.3. The van der Waals surface area contributed by atoms with Gasteiger partial charge in [0.2, 0.25) is 0 Å². The number of hydrogen-bond acceptors (Lipinski definition) is 5. The molecule has 0 N–H and O–H groups in total. The lowest BCUT2D eigenvalue weighted by molar-refractivity contribution is -0.312. The van der Waals surface area contributed by atoms with E-state index in [9.17, 15) is 14.7 Å². The van der Waals surface area contributed by atoms with Crippen molar-refractivity contribution >= 4 is 16.9 Å². The summed E-state index contributed by atoms with van der Waals surface area (Å²) in [6, 6.07) is 4.85. The number of carbonyl (C=O) groups is 1. The first-order valence-electron chi connectivity index (χ1n) is 6.37. The summed E-state index contributed by atoms with van der Waals surface area (Å²) in [6.45, 7) is 5.11. The number of aliphatic carboxylic acids is 1. The number of ether oxygens (including phenoxy) is 1. The van der Waals surface area contributed by atoms with E-state index in [1.807, 2.05) is 13.8 Å². The molecular formula is C15H15O5-. The van der Waals surface area contributed by atoms with Crippen molar-refractivity contribution in [1.29, 1.82) is 0 Å². The summed E-state index contributed by atoms with van der Waals surface area (Å²) >= 11 is 0. The molecule has 106 valence electrons. The van der Waals surface area contributed by atoms with Gasteiger partial charge in [0.1, 0.15) is 17.4 Å². The Morgan fingerprint density at radius 1 is 1.40 bits per heavy atom. The number of carboxylic acid groups (broad SMARTS) is 1. The minimum atomic E-state index is -1.30. The number of fused-ring (bicyclic) bond motifs is 1. The number of benzene rings is 1. The van der Waals surface area contributed by atoms with Crippen LogP contribution in [0.5, 0.6) is 5.75 Å². The van der Waals surface area contributed by atoms with Crippen molar-refractivity contribution in [3.05, 3.63) is 39.7 Å². The van der Waals surface area contributed by atoms with E-state index in [4.69, 9.17) is 9.15 Å². The molecule has 0 unspecified atom stereocenters. The van der Waals surface area contributed by atoms with Gasteiger partial charge < -0.3 is 19.1 Å². The molecule has 1 aromatic heterocycles. The van der Waals surface area contributed by atoms with Gasteiger partial charge >= 0.3 is 5.63 Å². The third-order valence-corrected chi connectivity index (χ3v) is 3.05. The van der Waals surface area contributed by atoms with Crippen molar-refractivity contribution in [3.63, 3.8) is 0 Å². The zero-order valence-corrected chi connectivity index (χ0v) is 11.6. The molecule has 0 aliphatic carbocycles. The number of aryl methyl sites for hydroxylation is 2. The fraction of sp³-hybridized carbons (Fsp3) is 0.333. The van der Waals surface area contributed by atoms with E-state index in [1.54, 1.807) is 12.1 Å². The predicted molar refractivity (Wildman–Crippen MR) is 71.7 cm³/mol. The van der Waals surface area contributed by atoms with Gasteiger partial charge in [0, 0.05) is 6.07 Å². The van der Waals surface area contributed by atoms with Crippen LogP contribution in [0.4, 0.5) is 0 Å². The molecule has 0 amide bonds. The Bertz CT molecular complexity index is 714. The Hall–Kier alpha value is -2.30. The summed E-state index contributed by atoms with van der Waals surface area (Å²) in [7, 11) is 0. The second-order valence-corrected chi connectivity index (χ2v) is 4.66. The van der Waals surface area contributed by atoms with Gasteiger partial charge in [-0.25, -0.2) is 4.79 Å². The van der Waals surface area contributed by atoms with Gasteiger partial charge in [0.25, 0.3) is 0 Å². The molecule has 0 fully saturated rings. The van der Waals surface area contributed by atoms with Crippen molar-refractivity contribution in [2.75, 3.05) is 0 Å². The highest BCUT2D eigenvalue weighted by molar-refractivity contribution is 5.88. The zero-order valence-electron chi connectivity index (χ0n) is 11.6. The number of carboxylic acids is 1. The molecule has 5 nitrogen and oxygen atoms in total. The average Bonchev–Trinajstić information content (AvgIpc) is 2.36. The van der Waals surface area contributed by atoms with Crippen molar-refractivity contribution in [3.8, 4) is 5.75 Å². The standard InChI is InChI=1S/C15H16O5/c1-4-10-7-13(16)20-12-6-8(2)5-11(14(10)12)19-9(3)15(17)18/h5-7,9H,4H2,1-3H3,(H,17,18)/p-1/t9-/m0/s1. The van der Waals surface area contributed by atoms with Crippen LogP contribution < -0.4 is 15.5 Å². The van der Waals surface area contributed by atoms with E-state index < -0.39 is 17.7 Å². The van der Waals surface area contributed by atoms with E-state index >= 15 is 0 Å². The lowest BCUT2D eigenvalue weighted by Crippen LogP contribution is -2.37. The van der Waals surface area contributed by atoms with E-state index in [1.165, 1.54) is 13.0 Å². The quantitative estimate of drug-likeness (QED) is 0.783. The fourth-order valence-corrected chi connectivity index (χ4v) is 2.08. The first-order chi connectivity index (χ1) is 9.42. The minimum Gasteiger partial charge on any atom is -0.546 e. The van der Waals surface area contributed by atoms with E-state index in [0.717, 1.165) is 11.1 Å². The molecule has 0 bridgehead atoms. The Kier molecular flexibility index (Phi) is 3.79. The number of hydrogen-bond donors (Lipinski definition) is 0. The van der Waals surface area contributed by atoms with E-state index in [2.05, 4.69) is 0 Å². The van der Waals surface area contributed by atoms with Crippen molar-refractivity contribution in [1.82, 2.24) is 0 Å². The number of carbonyl (C=O) groups excluding carboxylic acids is 1. The second-order valence-electron chi connectivity index (χ2n) is 4.66. The lowest BCUT2D eigenvalue weighted by Gasteiger charge is -2.18. The summed E-state index contributed by atoms with van der Waals surface area (Å²) in [5, 5.41) is 11.5. The summed E-state index contributed by atoms with van der Waals surface area (Å²) in [5.74, 6) is -0.910. The van der Waals surface area contributed by atoms with Crippen LogP contribution in [0.1, 0.15) is 25.0 Å². The maximum Gasteiger partial charge on any atom is 0.336 e. The molecule has 5 heteroatoms. The van der Waals surface area contributed by atoms with E-state index in [0.29, 0.717) is 23.1 Å². The van der Waals surface area contributed by atoms with Gasteiger partial charge in [0.15, 0.2) is 0 Å². The molecule has 0 spiro atoms. The van der Waals surface area contributed by atoms with Crippen LogP contribution in [0.15, 0.2) is 27.4 Å². The first kappa shape index (κ1) is 14.1. The third-order valence-electron chi connectivity index (χ3n) is 3.05. The van der Waals surface area contributed by atoms with Crippen LogP contribution >= 0.6 is 0 Å². The Morgan fingerprint density at radius 2 is 2.10 bits per heavy atom. The second kappa shape index (κ2) is 5.36.